The minimum atomic E-state index is 0.197. The van der Waals surface area contributed by atoms with E-state index in [1.807, 2.05) is 26.0 Å². The maximum absolute atomic E-state index is 9.91. The Kier molecular flexibility index (Phi) is 2.83. The van der Waals surface area contributed by atoms with Gasteiger partial charge in [0, 0.05) is 5.56 Å². The maximum Gasteiger partial charge on any atom is 0.235 e. The van der Waals surface area contributed by atoms with Crippen molar-refractivity contribution in [1.82, 2.24) is 0 Å². The zero-order valence-corrected chi connectivity index (χ0v) is 7.66. The first-order chi connectivity index (χ1) is 6.16. The van der Waals surface area contributed by atoms with Crippen LogP contribution in [0.15, 0.2) is 17.1 Å². The Morgan fingerprint density at radius 3 is 2.62 bits per heavy atom. The van der Waals surface area contributed by atoms with E-state index in [4.69, 9.17) is 0 Å². The van der Waals surface area contributed by atoms with Crippen LogP contribution in [0.3, 0.4) is 0 Å². The molecule has 0 aliphatic heterocycles. The van der Waals surface area contributed by atoms with E-state index < -0.39 is 0 Å². The van der Waals surface area contributed by atoms with Gasteiger partial charge in [0.1, 0.15) is 5.75 Å². The molecular formula is C10H11NO2. The van der Waals surface area contributed by atoms with E-state index in [0.717, 1.165) is 11.1 Å². The predicted octanol–water partition coefficient (Wildman–Crippen LogP) is 1.84. The zero-order chi connectivity index (χ0) is 9.84. The number of hydrogen-bond donors (Lipinski definition) is 1. The number of nitrogens with zero attached hydrogens (tertiary/aromatic N) is 1. The molecule has 0 aliphatic rings. The highest BCUT2D eigenvalue weighted by Crippen LogP contribution is 2.25. The summed E-state index contributed by atoms with van der Waals surface area (Å²) in [5, 5.41) is 9.62. The Morgan fingerprint density at radius 2 is 2.00 bits per heavy atom. The second-order valence-electron chi connectivity index (χ2n) is 2.93. The number of benzene rings is 1. The Labute approximate surface area is 76.7 Å². The van der Waals surface area contributed by atoms with Gasteiger partial charge < -0.3 is 5.11 Å². The summed E-state index contributed by atoms with van der Waals surface area (Å²) in [5.74, 6) is 0.221. The van der Waals surface area contributed by atoms with Gasteiger partial charge in [-0.2, -0.15) is 0 Å². The molecule has 0 bridgehead atoms. The summed E-state index contributed by atoms with van der Waals surface area (Å²) >= 11 is 0. The molecule has 3 nitrogen and oxygen atoms in total. The van der Waals surface area contributed by atoms with Crippen molar-refractivity contribution in [2.75, 3.05) is 0 Å². The highest BCUT2D eigenvalue weighted by atomic mass is 16.3. The Hall–Kier alpha value is -1.60. The van der Waals surface area contributed by atoms with E-state index in [0.29, 0.717) is 5.56 Å². The fourth-order valence-electron chi connectivity index (χ4n) is 1.17. The van der Waals surface area contributed by atoms with E-state index in [-0.39, 0.29) is 12.3 Å². The van der Waals surface area contributed by atoms with Gasteiger partial charge in [0.15, 0.2) is 0 Å². The summed E-state index contributed by atoms with van der Waals surface area (Å²) in [4.78, 5) is 13.4. The highest BCUT2D eigenvalue weighted by Gasteiger charge is 2.06. The first-order valence-corrected chi connectivity index (χ1v) is 3.98. The Bertz CT molecular complexity index is 365. The van der Waals surface area contributed by atoms with E-state index in [1.165, 1.54) is 6.08 Å². The van der Waals surface area contributed by atoms with E-state index in [1.54, 1.807) is 0 Å². The van der Waals surface area contributed by atoms with Crippen molar-refractivity contribution < 1.29 is 9.90 Å². The molecule has 13 heavy (non-hydrogen) atoms. The number of phenols is 1. The number of hydrogen-bond acceptors (Lipinski definition) is 3. The van der Waals surface area contributed by atoms with Crippen molar-refractivity contribution in [2.45, 2.75) is 20.4 Å². The van der Waals surface area contributed by atoms with E-state index in [9.17, 15) is 9.90 Å². The fraction of sp³-hybridized carbons (Fsp3) is 0.300. The molecule has 0 unspecified atom stereocenters. The third kappa shape index (κ3) is 1.95. The molecule has 68 valence electrons. The van der Waals surface area contributed by atoms with Crippen LogP contribution in [-0.4, -0.2) is 11.2 Å². The van der Waals surface area contributed by atoms with E-state index in [2.05, 4.69) is 4.99 Å². The van der Waals surface area contributed by atoms with Crippen molar-refractivity contribution >= 4 is 6.08 Å². The van der Waals surface area contributed by atoms with Crippen molar-refractivity contribution in [1.29, 1.82) is 0 Å². The molecule has 0 heterocycles. The first-order valence-electron chi connectivity index (χ1n) is 3.98. The van der Waals surface area contributed by atoms with Gasteiger partial charge in [0.2, 0.25) is 6.08 Å². The van der Waals surface area contributed by atoms with Gasteiger partial charge >= 0.3 is 0 Å². The second kappa shape index (κ2) is 3.87. The van der Waals surface area contributed by atoms with Gasteiger partial charge in [-0.3, -0.25) is 0 Å². The van der Waals surface area contributed by atoms with Gasteiger partial charge in [0.05, 0.1) is 6.54 Å². The van der Waals surface area contributed by atoms with Crippen LogP contribution >= 0.6 is 0 Å². The summed E-state index contributed by atoms with van der Waals surface area (Å²) in [6.07, 6.45) is 1.45. The minimum Gasteiger partial charge on any atom is -0.507 e. The summed E-state index contributed by atoms with van der Waals surface area (Å²) in [6.45, 7) is 3.88. The molecule has 0 radical (unpaired) electrons. The molecule has 0 spiro atoms. The van der Waals surface area contributed by atoms with Gasteiger partial charge in [-0.1, -0.05) is 12.1 Å². The molecule has 0 saturated carbocycles. The summed E-state index contributed by atoms with van der Waals surface area (Å²) in [6, 6.07) is 3.73. The number of phenolic OH excluding ortho intramolecular Hbond substituents is 1. The van der Waals surface area contributed by atoms with Crippen LogP contribution in [-0.2, 0) is 11.3 Å². The van der Waals surface area contributed by atoms with Gasteiger partial charge in [-0.15, -0.1) is 0 Å². The average Bonchev–Trinajstić information content (AvgIpc) is 2.12. The van der Waals surface area contributed by atoms with Crippen LogP contribution in [0.2, 0.25) is 0 Å². The lowest BCUT2D eigenvalue weighted by Crippen LogP contribution is -1.90. The van der Waals surface area contributed by atoms with Crippen LogP contribution in [0.25, 0.3) is 0 Å². The molecule has 0 amide bonds. The number of carbonyl (C=O) groups excluding carboxylic acids is 1. The van der Waals surface area contributed by atoms with Crippen molar-refractivity contribution in [3.8, 4) is 5.75 Å². The van der Waals surface area contributed by atoms with Crippen molar-refractivity contribution in [2.24, 2.45) is 4.99 Å². The zero-order valence-electron chi connectivity index (χ0n) is 7.66. The molecule has 1 N–H and O–H groups in total. The topological polar surface area (TPSA) is 49.7 Å². The minimum absolute atomic E-state index is 0.197. The molecule has 1 rings (SSSR count). The number of isocyanates is 1. The Morgan fingerprint density at radius 1 is 1.38 bits per heavy atom. The standard InChI is InChI=1S/C10H11NO2/c1-7-3-4-8(2)10(13)9(7)5-11-6-12/h3-4,13H,5H2,1-2H3. The van der Waals surface area contributed by atoms with Crippen LogP contribution in [0.4, 0.5) is 0 Å². The lowest BCUT2D eigenvalue weighted by Gasteiger charge is -2.07. The van der Waals surface area contributed by atoms with Crippen molar-refractivity contribution in [3.63, 3.8) is 0 Å². The third-order valence-electron chi connectivity index (χ3n) is 2.02. The number of rotatable bonds is 2. The molecule has 1 aromatic rings. The Balaban J connectivity index is 3.16. The number of aliphatic imine (C=N–C) groups is 1. The highest BCUT2D eigenvalue weighted by molar-refractivity contribution is 5.45. The average molecular weight is 177 g/mol. The lowest BCUT2D eigenvalue weighted by molar-refractivity contribution is 0.463. The summed E-state index contributed by atoms with van der Waals surface area (Å²) in [7, 11) is 0. The van der Waals surface area contributed by atoms with Gasteiger partial charge in [-0.05, 0) is 25.0 Å². The van der Waals surface area contributed by atoms with Crippen LogP contribution < -0.4 is 0 Å². The monoisotopic (exact) mass is 177 g/mol. The SMILES string of the molecule is Cc1ccc(C)c(CN=C=O)c1O. The molecule has 0 saturated heterocycles. The predicted molar refractivity (Wildman–Crippen MR) is 49.4 cm³/mol. The van der Waals surface area contributed by atoms with Crippen LogP contribution in [0.1, 0.15) is 16.7 Å². The third-order valence-corrected chi connectivity index (χ3v) is 2.02. The molecule has 1 aromatic carbocycles. The lowest BCUT2D eigenvalue weighted by atomic mass is 10.0. The van der Waals surface area contributed by atoms with E-state index >= 15 is 0 Å². The summed E-state index contributed by atoms with van der Waals surface area (Å²) in [5.41, 5.74) is 2.42. The summed E-state index contributed by atoms with van der Waals surface area (Å²) < 4.78 is 0. The second-order valence-corrected chi connectivity index (χ2v) is 2.93. The first kappa shape index (κ1) is 9.49. The molecular weight excluding hydrogens is 166 g/mol. The largest absolute Gasteiger partial charge is 0.507 e. The van der Waals surface area contributed by atoms with Crippen LogP contribution in [0, 0.1) is 13.8 Å². The number of aromatic hydroxyl groups is 1. The molecule has 0 aliphatic carbocycles. The molecule has 3 heteroatoms. The fourth-order valence-corrected chi connectivity index (χ4v) is 1.17. The van der Waals surface area contributed by atoms with Gasteiger partial charge in [0.25, 0.3) is 0 Å². The van der Waals surface area contributed by atoms with Gasteiger partial charge in [-0.25, -0.2) is 9.79 Å². The maximum atomic E-state index is 9.91. The van der Waals surface area contributed by atoms with Crippen molar-refractivity contribution in [3.05, 3.63) is 28.8 Å². The molecule has 0 atom stereocenters. The smallest absolute Gasteiger partial charge is 0.235 e. The quantitative estimate of drug-likeness (QED) is 0.553. The molecule has 0 fully saturated rings. The van der Waals surface area contributed by atoms with Crippen LogP contribution in [0.5, 0.6) is 5.75 Å². The normalized spacial score (nSPS) is 9.38. The number of aryl methyl sites for hydroxylation is 2. The molecule has 0 aromatic heterocycles.